The number of piperazine rings is 1. The topological polar surface area (TPSA) is 61.9 Å². The van der Waals surface area contributed by atoms with Gasteiger partial charge in [-0.2, -0.15) is 4.31 Å². The van der Waals surface area contributed by atoms with Gasteiger partial charge in [0.25, 0.3) is 0 Å². The average Bonchev–Trinajstić information content (AvgIpc) is 2.68. The number of rotatable bonds is 4. The maximum absolute atomic E-state index is 12.8. The van der Waals surface area contributed by atoms with E-state index < -0.39 is 10.0 Å². The van der Waals surface area contributed by atoms with Crippen LogP contribution in [0.25, 0.3) is 0 Å². The van der Waals surface area contributed by atoms with Crippen molar-refractivity contribution >= 4 is 33.0 Å². The molecule has 144 valence electrons. The van der Waals surface area contributed by atoms with Crippen LogP contribution in [0.2, 0.25) is 0 Å². The van der Waals surface area contributed by atoms with E-state index in [1.54, 1.807) is 31.4 Å². The third-order valence-corrected chi connectivity index (χ3v) is 6.77. The number of methoxy groups -OCH3 is 1. The molecule has 1 heterocycles. The zero-order valence-electron chi connectivity index (χ0n) is 15.4. The molecule has 0 saturated carbocycles. The van der Waals surface area contributed by atoms with Crippen LogP contribution in [0, 0.1) is 6.92 Å². The van der Waals surface area contributed by atoms with Crippen LogP contribution in [-0.2, 0) is 10.0 Å². The predicted octanol–water partition coefficient (Wildman–Crippen LogP) is 2.71. The minimum Gasteiger partial charge on any atom is -0.497 e. The quantitative estimate of drug-likeness (QED) is 0.790. The summed E-state index contributed by atoms with van der Waals surface area (Å²) in [6, 6.07) is 14.4. The van der Waals surface area contributed by atoms with Crippen LogP contribution in [0.15, 0.2) is 53.4 Å². The average molecular weight is 406 g/mol. The number of aryl methyl sites for hydroxylation is 1. The third kappa shape index (κ3) is 4.58. The molecule has 3 rings (SSSR count). The second-order valence-electron chi connectivity index (χ2n) is 6.37. The van der Waals surface area contributed by atoms with Crippen molar-refractivity contribution in [1.82, 2.24) is 9.21 Å². The van der Waals surface area contributed by atoms with E-state index in [4.69, 9.17) is 17.0 Å². The number of hydrogen-bond donors (Lipinski definition) is 1. The van der Waals surface area contributed by atoms with Crippen LogP contribution < -0.4 is 10.1 Å². The second kappa shape index (κ2) is 8.24. The Labute approximate surface area is 165 Å². The normalized spacial score (nSPS) is 15.4. The molecule has 0 unspecified atom stereocenters. The van der Waals surface area contributed by atoms with E-state index >= 15 is 0 Å². The lowest BCUT2D eigenvalue weighted by atomic mass is 10.2. The van der Waals surface area contributed by atoms with Crippen molar-refractivity contribution in [3.63, 3.8) is 0 Å². The maximum Gasteiger partial charge on any atom is 0.243 e. The molecule has 27 heavy (non-hydrogen) atoms. The molecular formula is C19H23N3O3S2. The zero-order valence-corrected chi connectivity index (χ0v) is 17.0. The molecule has 0 bridgehead atoms. The highest BCUT2D eigenvalue weighted by molar-refractivity contribution is 7.89. The highest BCUT2D eigenvalue weighted by Gasteiger charge is 2.29. The molecule has 1 fully saturated rings. The Bertz CT molecular complexity index is 906. The van der Waals surface area contributed by atoms with Crippen molar-refractivity contribution in [2.45, 2.75) is 11.8 Å². The third-order valence-electron chi connectivity index (χ3n) is 4.49. The molecule has 0 amide bonds. The summed E-state index contributed by atoms with van der Waals surface area (Å²) >= 11 is 5.49. The molecule has 1 saturated heterocycles. The second-order valence-corrected chi connectivity index (χ2v) is 8.69. The fraction of sp³-hybridized carbons (Fsp3) is 0.316. The summed E-state index contributed by atoms with van der Waals surface area (Å²) in [6.45, 7) is 3.91. The van der Waals surface area contributed by atoms with E-state index in [9.17, 15) is 8.42 Å². The van der Waals surface area contributed by atoms with Gasteiger partial charge in [-0.25, -0.2) is 8.42 Å². The van der Waals surface area contributed by atoms with Crippen molar-refractivity contribution in [2.24, 2.45) is 0 Å². The molecule has 1 aliphatic heterocycles. The molecule has 1 aliphatic rings. The van der Waals surface area contributed by atoms with Crippen molar-refractivity contribution in [3.8, 4) is 5.75 Å². The van der Waals surface area contributed by atoms with E-state index in [2.05, 4.69) is 5.32 Å². The number of thiocarbonyl (C=S) groups is 1. The first kappa shape index (κ1) is 19.6. The number of sulfonamides is 1. The lowest BCUT2D eigenvalue weighted by molar-refractivity contribution is 0.268. The number of hydrogen-bond acceptors (Lipinski definition) is 4. The summed E-state index contributed by atoms with van der Waals surface area (Å²) in [5, 5.41) is 3.84. The van der Waals surface area contributed by atoms with Gasteiger partial charge in [-0.05, 0) is 61.1 Å². The smallest absolute Gasteiger partial charge is 0.243 e. The first-order chi connectivity index (χ1) is 12.9. The predicted molar refractivity (Wildman–Crippen MR) is 111 cm³/mol. The zero-order chi connectivity index (χ0) is 19.4. The fourth-order valence-electron chi connectivity index (χ4n) is 2.95. The molecule has 8 heteroatoms. The summed E-state index contributed by atoms with van der Waals surface area (Å²) < 4.78 is 32.2. The van der Waals surface area contributed by atoms with Crippen LogP contribution in [0.3, 0.4) is 0 Å². The lowest BCUT2D eigenvalue weighted by Crippen LogP contribution is -2.51. The van der Waals surface area contributed by atoms with E-state index in [0.717, 1.165) is 11.3 Å². The van der Waals surface area contributed by atoms with E-state index in [1.165, 1.54) is 4.31 Å². The van der Waals surface area contributed by atoms with Gasteiger partial charge in [-0.1, -0.05) is 12.1 Å². The molecular weight excluding hydrogens is 382 g/mol. The Balaban J connectivity index is 1.61. The number of benzene rings is 2. The first-order valence-electron chi connectivity index (χ1n) is 8.67. The SMILES string of the molecule is COc1ccc(S(=O)(=O)N2CCN(C(=S)Nc3cccc(C)c3)CC2)cc1. The van der Waals surface area contributed by atoms with Gasteiger partial charge < -0.3 is 15.0 Å². The minimum absolute atomic E-state index is 0.275. The fourth-order valence-corrected chi connectivity index (χ4v) is 4.68. The van der Waals surface area contributed by atoms with Crippen molar-refractivity contribution < 1.29 is 13.2 Å². The summed E-state index contributed by atoms with van der Waals surface area (Å²) in [5.41, 5.74) is 2.09. The van der Waals surface area contributed by atoms with Gasteiger partial charge in [0.15, 0.2) is 5.11 Å². The number of anilines is 1. The lowest BCUT2D eigenvalue weighted by Gasteiger charge is -2.35. The summed E-state index contributed by atoms with van der Waals surface area (Å²) in [4.78, 5) is 2.27. The van der Waals surface area contributed by atoms with Crippen LogP contribution in [0.5, 0.6) is 5.75 Å². The molecule has 0 radical (unpaired) electrons. The summed E-state index contributed by atoms with van der Waals surface area (Å²) in [7, 11) is -1.96. The number of nitrogens with one attached hydrogen (secondary N) is 1. The maximum atomic E-state index is 12.8. The van der Waals surface area contributed by atoms with E-state index in [0.29, 0.717) is 37.0 Å². The molecule has 0 atom stereocenters. The Morgan fingerprint density at radius 1 is 1.07 bits per heavy atom. The Hall–Kier alpha value is -2.16. The van der Waals surface area contributed by atoms with Gasteiger partial charge in [0, 0.05) is 31.9 Å². The van der Waals surface area contributed by atoms with E-state index in [1.807, 2.05) is 36.1 Å². The first-order valence-corrected chi connectivity index (χ1v) is 10.5. The van der Waals surface area contributed by atoms with Gasteiger partial charge in [0.05, 0.1) is 12.0 Å². The Morgan fingerprint density at radius 2 is 1.74 bits per heavy atom. The van der Waals surface area contributed by atoms with Gasteiger partial charge in [-0.3, -0.25) is 0 Å². The number of nitrogens with zero attached hydrogens (tertiary/aromatic N) is 2. The Kier molecular flexibility index (Phi) is 5.98. The van der Waals surface area contributed by atoms with Crippen molar-refractivity contribution in [3.05, 3.63) is 54.1 Å². The standard InChI is InChI=1S/C19H23N3O3S2/c1-15-4-3-5-16(14-15)20-19(26)21-10-12-22(13-11-21)27(23,24)18-8-6-17(25-2)7-9-18/h3-9,14H,10-13H2,1-2H3,(H,20,26). The van der Waals surface area contributed by atoms with Gasteiger partial charge in [-0.15, -0.1) is 0 Å². The van der Waals surface area contributed by atoms with Gasteiger partial charge in [0.1, 0.15) is 5.75 Å². The van der Waals surface area contributed by atoms with Crippen LogP contribution >= 0.6 is 12.2 Å². The van der Waals surface area contributed by atoms with Crippen molar-refractivity contribution in [1.29, 1.82) is 0 Å². The van der Waals surface area contributed by atoms with Gasteiger partial charge in [0.2, 0.25) is 10.0 Å². The van der Waals surface area contributed by atoms with Crippen molar-refractivity contribution in [2.75, 3.05) is 38.6 Å². The molecule has 1 N–H and O–H groups in total. The van der Waals surface area contributed by atoms with Gasteiger partial charge >= 0.3 is 0 Å². The molecule has 0 aliphatic carbocycles. The summed E-state index contributed by atoms with van der Waals surface area (Å²) in [5.74, 6) is 0.631. The molecule has 0 aromatic heterocycles. The highest BCUT2D eigenvalue weighted by Crippen LogP contribution is 2.21. The highest BCUT2D eigenvalue weighted by atomic mass is 32.2. The molecule has 2 aromatic rings. The monoisotopic (exact) mass is 405 g/mol. The molecule has 6 nitrogen and oxygen atoms in total. The van der Waals surface area contributed by atoms with E-state index in [-0.39, 0.29) is 4.90 Å². The largest absolute Gasteiger partial charge is 0.497 e. The Morgan fingerprint density at radius 3 is 2.33 bits per heavy atom. The van der Waals surface area contributed by atoms with Crippen LogP contribution in [0.4, 0.5) is 5.69 Å². The minimum atomic E-state index is -3.51. The van der Waals surface area contributed by atoms with Crippen LogP contribution in [-0.4, -0.2) is 56.0 Å². The number of ether oxygens (including phenoxy) is 1. The summed E-state index contributed by atoms with van der Waals surface area (Å²) in [6.07, 6.45) is 0. The molecule has 0 spiro atoms. The van der Waals surface area contributed by atoms with Crippen LogP contribution in [0.1, 0.15) is 5.56 Å². The molecule has 2 aromatic carbocycles.